The van der Waals surface area contributed by atoms with Crippen molar-refractivity contribution in [3.05, 3.63) is 27.2 Å². The molecule has 176 valence electrons. The van der Waals surface area contributed by atoms with Crippen molar-refractivity contribution in [2.45, 2.75) is 18.9 Å². The molecule has 2 aromatic rings. The van der Waals surface area contributed by atoms with Crippen LogP contribution in [-0.4, -0.2) is 68.7 Å². The third-order valence-electron chi connectivity index (χ3n) is 4.22. The number of rotatable bonds is 10. The van der Waals surface area contributed by atoms with Crippen molar-refractivity contribution in [3.63, 3.8) is 0 Å². The minimum absolute atomic E-state index is 0.101. The topological polar surface area (TPSA) is 243 Å². The number of carbonyl (C=O) groups excluding carboxylic acids is 2. The van der Waals surface area contributed by atoms with Gasteiger partial charge < -0.3 is 37.0 Å². The number of fused-ring (bicyclic) bond motifs is 1. The van der Waals surface area contributed by atoms with Gasteiger partial charge in [0.15, 0.2) is 23.2 Å². The number of hydrogen-bond donors (Lipinski definition) is 5. The number of aromatic nitrogens is 4. The standard InChI is InChI=1S/C16H26N10O6/c1-24-12-11(13(29)25(2)16(24)30)26(7-23-12)5-8(32-10(28)4-22-15(19)20)6-31-9(27)3-21-14(17)18/h7-8,15,22H,3-6,19-20H2,1-2H3,(H4,17,18,21). The molecule has 2 rings (SSSR count). The van der Waals surface area contributed by atoms with Crippen molar-refractivity contribution in [1.82, 2.24) is 24.0 Å². The summed E-state index contributed by atoms with van der Waals surface area (Å²) < 4.78 is 13.9. The highest BCUT2D eigenvalue weighted by Gasteiger charge is 2.21. The van der Waals surface area contributed by atoms with Crippen molar-refractivity contribution in [3.8, 4) is 0 Å². The van der Waals surface area contributed by atoms with Crippen LogP contribution in [0.25, 0.3) is 11.2 Å². The van der Waals surface area contributed by atoms with Gasteiger partial charge in [-0.2, -0.15) is 0 Å². The van der Waals surface area contributed by atoms with Crippen molar-refractivity contribution >= 4 is 29.1 Å². The van der Waals surface area contributed by atoms with Crippen LogP contribution in [0.2, 0.25) is 0 Å². The number of nitrogens with zero attached hydrogens (tertiary/aromatic N) is 5. The van der Waals surface area contributed by atoms with E-state index in [4.69, 9.17) is 32.4 Å². The van der Waals surface area contributed by atoms with Crippen molar-refractivity contribution in [2.24, 2.45) is 42.0 Å². The second kappa shape index (κ2) is 10.5. The van der Waals surface area contributed by atoms with Gasteiger partial charge in [-0.05, 0) is 0 Å². The van der Waals surface area contributed by atoms with Crippen LogP contribution < -0.4 is 39.5 Å². The largest absolute Gasteiger partial charge is 0.460 e. The first-order chi connectivity index (χ1) is 15.0. The number of imidazole rings is 1. The molecule has 1 atom stereocenters. The van der Waals surface area contributed by atoms with Crippen LogP contribution in [0.1, 0.15) is 0 Å². The van der Waals surface area contributed by atoms with Gasteiger partial charge in [0, 0.05) is 14.1 Å². The fraction of sp³-hybridized carbons (Fsp3) is 0.500. The van der Waals surface area contributed by atoms with E-state index in [0.29, 0.717) is 0 Å². The van der Waals surface area contributed by atoms with Gasteiger partial charge in [0.05, 0.1) is 19.4 Å². The smallest absolute Gasteiger partial charge is 0.332 e. The van der Waals surface area contributed by atoms with Crippen molar-refractivity contribution < 1.29 is 19.1 Å². The molecule has 1 unspecified atom stereocenters. The lowest BCUT2D eigenvalue weighted by atomic mass is 10.3. The molecule has 0 spiro atoms. The molecule has 16 nitrogen and oxygen atoms in total. The Morgan fingerprint density at radius 2 is 1.88 bits per heavy atom. The number of carbonyl (C=O) groups is 2. The Balaban J connectivity index is 2.26. The summed E-state index contributed by atoms with van der Waals surface area (Å²) in [7, 11) is 2.79. The summed E-state index contributed by atoms with van der Waals surface area (Å²) in [5.74, 6) is -1.79. The second-order valence-corrected chi connectivity index (χ2v) is 6.72. The SMILES string of the molecule is Cn1c(=O)c2c(ncn2CC(COC(=O)CN=C(N)N)OC(=O)CNC(N)N)n(C)c1=O. The molecule has 0 radical (unpaired) electrons. The molecule has 0 aliphatic rings. The molecule has 0 fully saturated rings. The van der Waals surface area contributed by atoms with E-state index >= 15 is 0 Å². The lowest BCUT2D eigenvalue weighted by Crippen LogP contribution is -2.48. The van der Waals surface area contributed by atoms with E-state index in [9.17, 15) is 19.2 Å². The van der Waals surface area contributed by atoms with Crippen LogP contribution >= 0.6 is 0 Å². The number of nitrogens with one attached hydrogen (secondary N) is 1. The maximum absolute atomic E-state index is 12.6. The highest BCUT2D eigenvalue weighted by molar-refractivity contribution is 5.80. The van der Waals surface area contributed by atoms with Gasteiger partial charge in [-0.3, -0.25) is 28.8 Å². The number of nitrogens with two attached hydrogens (primary N) is 4. The van der Waals surface area contributed by atoms with E-state index in [2.05, 4.69) is 15.3 Å². The molecular weight excluding hydrogens is 428 g/mol. The molecule has 0 bridgehead atoms. The Morgan fingerprint density at radius 3 is 2.50 bits per heavy atom. The number of ether oxygens (including phenoxy) is 2. The summed E-state index contributed by atoms with van der Waals surface area (Å²) in [5.41, 5.74) is 20.1. The lowest BCUT2D eigenvalue weighted by Gasteiger charge is -2.19. The molecule has 0 saturated heterocycles. The van der Waals surface area contributed by atoms with Crippen molar-refractivity contribution in [1.29, 1.82) is 0 Å². The highest BCUT2D eigenvalue weighted by Crippen LogP contribution is 2.09. The number of guanidine groups is 1. The molecule has 0 aliphatic heterocycles. The molecule has 2 heterocycles. The molecule has 0 aromatic carbocycles. The van der Waals surface area contributed by atoms with E-state index < -0.39 is 42.1 Å². The van der Waals surface area contributed by atoms with E-state index in [-0.39, 0.29) is 36.8 Å². The predicted molar refractivity (Wildman–Crippen MR) is 112 cm³/mol. The highest BCUT2D eigenvalue weighted by atomic mass is 16.6. The fourth-order valence-corrected chi connectivity index (χ4v) is 2.69. The van der Waals surface area contributed by atoms with E-state index in [1.807, 2.05) is 0 Å². The third kappa shape index (κ3) is 6.13. The maximum Gasteiger partial charge on any atom is 0.332 e. The number of hydrogen-bond acceptors (Lipinski definition) is 11. The summed E-state index contributed by atoms with van der Waals surface area (Å²) in [4.78, 5) is 56.2. The average molecular weight is 454 g/mol. The van der Waals surface area contributed by atoms with Gasteiger partial charge >= 0.3 is 17.6 Å². The summed E-state index contributed by atoms with van der Waals surface area (Å²) in [5, 5.41) is 2.48. The summed E-state index contributed by atoms with van der Waals surface area (Å²) in [6.45, 7) is -1.22. The zero-order valence-corrected chi connectivity index (χ0v) is 17.6. The first-order valence-corrected chi connectivity index (χ1v) is 9.27. The van der Waals surface area contributed by atoms with Crippen LogP contribution in [0, 0.1) is 0 Å². The zero-order chi connectivity index (χ0) is 24.0. The van der Waals surface area contributed by atoms with Crippen molar-refractivity contribution in [2.75, 3.05) is 19.7 Å². The van der Waals surface area contributed by atoms with Gasteiger partial charge in [0.1, 0.15) is 19.4 Å². The Morgan fingerprint density at radius 1 is 1.19 bits per heavy atom. The summed E-state index contributed by atoms with van der Waals surface area (Å²) in [6, 6.07) is 0. The normalized spacial score (nSPS) is 12.0. The van der Waals surface area contributed by atoms with Gasteiger partial charge in [0.2, 0.25) is 0 Å². The summed E-state index contributed by atoms with van der Waals surface area (Å²) >= 11 is 0. The first kappa shape index (κ1) is 24.5. The van der Waals surface area contributed by atoms with Crippen LogP contribution in [0.15, 0.2) is 20.9 Å². The van der Waals surface area contributed by atoms with Crippen LogP contribution in [-0.2, 0) is 39.7 Å². The Bertz CT molecular complexity index is 1130. The number of esters is 2. The third-order valence-corrected chi connectivity index (χ3v) is 4.22. The quantitative estimate of drug-likeness (QED) is 0.0980. The second-order valence-electron chi connectivity index (χ2n) is 6.72. The number of aliphatic imine (C=N–C) groups is 1. The number of aryl methyl sites for hydroxylation is 1. The predicted octanol–water partition coefficient (Wildman–Crippen LogP) is -5.05. The molecule has 16 heteroatoms. The monoisotopic (exact) mass is 454 g/mol. The molecule has 32 heavy (non-hydrogen) atoms. The molecule has 0 saturated carbocycles. The van der Waals surface area contributed by atoms with E-state index in [1.54, 1.807) is 0 Å². The van der Waals surface area contributed by atoms with Gasteiger partial charge in [-0.1, -0.05) is 0 Å². The first-order valence-electron chi connectivity index (χ1n) is 9.27. The van der Waals surface area contributed by atoms with Gasteiger partial charge in [-0.25, -0.2) is 14.8 Å². The van der Waals surface area contributed by atoms with Gasteiger partial charge in [-0.15, -0.1) is 0 Å². The maximum atomic E-state index is 12.6. The molecule has 0 aliphatic carbocycles. The molecule has 0 amide bonds. The molecule has 2 aromatic heterocycles. The van der Waals surface area contributed by atoms with E-state index in [0.717, 1.165) is 4.57 Å². The Kier molecular flexibility index (Phi) is 8.05. The van der Waals surface area contributed by atoms with Crippen LogP contribution in [0.4, 0.5) is 0 Å². The zero-order valence-electron chi connectivity index (χ0n) is 17.6. The van der Waals surface area contributed by atoms with E-state index in [1.165, 1.54) is 29.6 Å². The Labute approximate surface area is 180 Å². The average Bonchev–Trinajstić information content (AvgIpc) is 3.15. The van der Waals surface area contributed by atoms with Crippen LogP contribution in [0.5, 0.6) is 0 Å². The Hall–Kier alpha value is -3.76. The van der Waals surface area contributed by atoms with Gasteiger partial charge in [0.25, 0.3) is 5.56 Å². The lowest BCUT2D eigenvalue weighted by molar-refractivity contribution is -0.158. The molecule has 9 N–H and O–H groups in total. The summed E-state index contributed by atoms with van der Waals surface area (Å²) in [6.07, 6.45) is -0.664. The minimum Gasteiger partial charge on any atom is -0.460 e. The minimum atomic E-state index is -1.03. The fourth-order valence-electron chi connectivity index (χ4n) is 2.69. The van der Waals surface area contributed by atoms with Crippen LogP contribution in [0.3, 0.4) is 0 Å². The molecular formula is C16H26N10O6.